The number of aromatic nitrogens is 2. The number of hydrogen-bond acceptors (Lipinski definition) is 3. The molecule has 0 amide bonds. The van der Waals surface area contributed by atoms with Gasteiger partial charge in [0.15, 0.2) is 0 Å². The third-order valence-electron chi connectivity index (χ3n) is 3.36. The molecule has 1 saturated heterocycles. The molecular formula is C12H20BrN3O. The van der Waals surface area contributed by atoms with Crippen LogP contribution in [0.25, 0.3) is 0 Å². The summed E-state index contributed by atoms with van der Waals surface area (Å²) in [7, 11) is 0. The van der Waals surface area contributed by atoms with E-state index in [1.807, 2.05) is 11.6 Å². The number of ether oxygens (including phenoxy) is 1. The monoisotopic (exact) mass is 301 g/mol. The van der Waals surface area contributed by atoms with Gasteiger partial charge in [0, 0.05) is 25.7 Å². The van der Waals surface area contributed by atoms with Crippen LogP contribution in [-0.4, -0.2) is 28.5 Å². The first-order valence-electron chi connectivity index (χ1n) is 6.20. The quantitative estimate of drug-likeness (QED) is 0.927. The van der Waals surface area contributed by atoms with Gasteiger partial charge in [0.2, 0.25) is 0 Å². The van der Waals surface area contributed by atoms with Crippen molar-refractivity contribution in [3.8, 4) is 0 Å². The van der Waals surface area contributed by atoms with Crippen LogP contribution in [0.2, 0.25) is 0 Å². The molecule has 17 heavy (non-hydrogen) atoms. The summed E-state index contributed by atoms with van der Waals surface area (Å²) in [6, 6.07) is 0.461. The smallest absolute Gasteiger partial charge is 0.0739 e. The average molecular weight is 302 g/mol. The van der Waals surface area contributed by atoms with Gasteiger partial charge in [0.05, 0.1) is 22.0 Å². The maximum Gasteiger partial charge on any atom is 0.0739 e. The van der Waals surface area contributed by atoms with Crippen molar-refractivity contribution in [2.45, 2.75) is 52.4 Å². The fourth-order valence-electron chi connectivity index (χ4n) is 2.27. The van der Waals surface area contributed by atoms with E-state index in [0.29, 0.717) is 12.1 Å². The number of rotatable bonds is 4. The van der Waals surface area contributed by atoms with Gasteiger partial charge in [-0.1, -0.05) is 0 Å². The zero-order valence-electron chi connectivity index (χ0n) is 10.7. The molecule has 1 aliphatic rings. The van der Waals surface area contributed by atoms with E-state index in [-0.39, 0.29) is 0 Å². The van der Waals surface area contributed by atoms with E-state index in [9.17, 15) is 0 Å². The maximum absolute atomic E-state index is 5.55. The zero-order valence-corrected chi connectivity index (χ0v) is 12.2. The molecule has 0 bridgehead atoms. The molecule has 0 saturated carbocycles. The lowest BCUT2D eigenvalue weighted by atomic mass is 10.1. The van der Waals surface area contributed by atoms with E-state index in [1.54, 1.807) is 0 Å². The molecule has 1 aromatic rings. The highest BCUT2D eigenvalue weighted by atomic mass is 79.9. The zero-order chi connectivity index (χ0) is 12.4. The normalized spacial score (nSPS) is 24.5. The van der Waals surface area contributed by atoms with Crippen molar-refractivity contribution in [1.29, 1.82) is 0 Å². The second kappa shape index (κ2) is 5.50. The van der Waals surface area contributed by atoms with Crippen molar-refractivity contribution in [1.82, 2.24) is 15.1 Å². The third kappa shape index (κ3) is 2.72. The number of aryl methyl sites for hydroxylation is 2. The van der Waals surface area contributed by atoms with Crippen LogP contribution in [0.1, 0.15) is 31.7 Å². The topological polar surface area (TPSA) is 39.1 Å². The van der Waals surface area contributed by atoms with Crippen LogP contribution in [0.3, 0.4) is 0 Å². The van der Waals surface area contributed by atoms with Gasteiger partial charge in [-0.25, -0.2) is 0 Å². The summed E-state index contributed by atoms with van der Waals surface area (Å²) in [4.78, 5) is 0. The lowest BCUT2D eigenvalue weighted by Gasteiger charge is -2.16. The van der Waals surface area contributed by atoms with Crippen LogP contribution >= 0.6 is 15.9 Å². The highest BCUT2D eigenvalue weighted by Gasteiger charge is 2.24. The molecule has 4 nitrogen and oxygen atoms in total. The van der Waals surface area contributed by atoms with Crippen molar-refractivity contribution < 1.29 is 4.74 Å². The van der Waals surface area contributed by atoms with Gasteiger partial charge >= 0.3 is 0 Å². The Morgan fingerprint density at radius 3 is 2.94 bits per heavy atom. The number of halogens is 1. The number of hydrogen-bond donors (Lipinski definition) is 1. The lowest BCUT2D eigenvalue weighted by Crippen LogP contribution is -2.34. The van der Waals surface area contributed by atoms with Crippen molar-refractivity contribution >= 4 is 15.9 Å². The Bertz CT molecular complexity index is 391. The fraction of sp³-hybridized carbons (Fsp3) is 0.750. The summed E-state index contributed by atoms with van der Waals surface area (Å²) >= 11 is 3.61. The summed E-state index contributed by atoms with van der Waals surface area (Å²) in [5.74, 6) is 0. The van der Waals surface area contributed by atoms with Gasteiger partial charge in [-0.2, -0.15) is 5.10 Å². The van der Waals surface area contributed by atoms with Crippen molar-refractivity contribution in [3.05, 3.63) is 15.9 Å². The second-order valence-electron chi connectivity index (χ2n) is 4.51. The molecule has 1 fully saturated rings. The summed E-state index contributed by atoms with van der Waals surface area (Å²) in [5.41, 5.74) is 2.28. The van der Waals surface area contributed by atoms with E-state index < -0.39 is 0 Å². The van der Waals surface area contributed by atoms with E-state index in [0.717, 1.165) is 36.3 Å². The predicted octanol–water partition coefficient (Wildman–Crippen LogP) is 2.24. The van der Waals surface area contributed by atoms with Crippen LogP contribution in [0.4, 0.5) is 0 Å². The van der Waals surface area contributed by atoms with Crippen LogP contribution in [0.15, 0.2) is 4.47 Å². The largest absolute Gasteiger partial charge is 0.377 e. The van der Waals surface area contributed by atoms with Crippen LogP contribution in [-0.2, 0) is 17.8 Å². The highest BCUT2D eigenvalue weighted by molar-refractivity contribution is 9.10. The van der Waals surface area contributed by atoms with Crippen molar-refractivity contribution in [3.63, 3.8) is 0 Å². The molecule has 1 aromatic heterocycles. The Morgan fingerprint density at radius 2 is 2.35 bits per heavy atom. The lowest BCUT2D eigenvalue weighted by molar-refractivity contribution is 0.113. The molecule has 2 unspecified atom stereocenters. The maximum atomic E-state index is 5.55. The molecule has 1 N–H and O–H groups in total. The minimum absolute atomic E-state index is 0.313. The molecule has 2 heterocycles. The Morgan fingerprint density at radius 1 is 1.59 bits per heavy atom. The summed E-state index contributed by atoms with van der Waals surface area (Å²) in [6.45, 7) is 8.88. The minimum Gasteiger partial charge on any atom is -0.377 e. The predicted molar refractivity (Wildman–Crippen MR) is 71.0 cm³/mol. The Balaban J connectivity index is 2.03. The standard InChI is InChI=1S/C12H20BrN3O/c1-4-16-11(12(13)8(2)15-16)7-14-10-5-6-17-9(10)3/h9-10,14H,4-7H2,1-3H3. The number of nitrogens with one attached hydrogen (secondary N) is 1. The van der Waals surface area contributed by atoms with Gasteiger partial charge in [0.1, 0.15) is 0 Å². The Labute approximate surface area is 111 Å². The van der Waals surface area contributed by atoms with Gasteiger partial charge in [-0.15, -0.1) is 0 Å². The molecule has 2 atom stereocenters. The van der Waals surface area contributed by atoms with Crippen LogP contribution < -0.4 is 5.32 Å². The van der Waals surface area contributed by atoms with Gasteiger partial charge in [0.25, 0.3) is 0 Å². The van der Waals surface area contributed by atoms with Crippen LogP contribution in [0, 0.1) is 6.92 Å². The molecule has 96 valence electrons. The molecule has 0 spiro atoms. The minimum atomic E-state index is 0.313. The molecule has 0 aromatic carbocycles. The van der Waals surface area contributed by atoms with Gasteiger partial charge in [-0.05, 0) is 43.1 Å². The fourth-order valence-corrected chi connectivity index (χ4v) is 2.69. The SMILES string of the molecule is CCn1nc(C)c(Br)c1CNC1CCOC1C. The average Bonchev–Trinajstić information content (AvgIpc) is 2.83. The molecule has 5 heteroatoms. The Hall–Kier alpha value is -0.390. The van der Waals surface area contributed by atoms with Gasteiger partial charge in [-0.3, -0.25) is 4.68 Å². The summed E-state index contributed by atoms with van der Waals surface area (Å²) in [5, 5.41) is 8.05. The second-order valence-corrected chi connectivity index (χ2v) is 5.31. The summed E-state index contributed by atoms with van der Waals surface area (Å²) < 4.78 is 8.72. The van der Waals surface area contributed by atoms with Crippen LogP contribution in [0.5, 0.6) is 0 Å². The first-order chi connectivity index (χ1) is 8.13. The molecule has 0 aliphatic carbocycles. The summed E-state index contributed by atoms with van der Waals surface area (Å²) in [6.07, 6.45) is 1.41. The van der Waals surface area contributed by atoms with Crippen molar-refractivity contribution in [2.24, 2.45) is 0 Å². The highest BCUT2D eigenvalue weighted by Crippen LogP contribution is 2.22. The van der Waals surface area contributed by atoms with E-state index in [2.05, 4.69) is 40.2 Å². The molecule has 2 rings (SSSR count). The third-order valence-corrected chi connectivity index (χ3v) is 4.39. The Kier molecular flexibility index (Phi) is 4.22. The van der Waals surface area contributed by atoms with Crippen molar-refractivity contribution in [2.75, 3.05) is 6.61 Å². The van der Waals surface area contributed by atoms with Gasteiger partial charge < -0.3 is 10.1 Å². The molecule has 1 aliphatic heterocycles. The van der Waals surface area contributed by atoms with E-state index >= 15 is 0 Å². The first-order valence-corrected chi connectivity index (χ1v) is 6.99. The number of nitrogens with zero attached hydrogens (tertiary/aromatic N) is 2. The van der Waals surface area contributed by atoms with E-state index in [1.165, 1.54) is 5.69 Å². The molecule has 0 radical (unpaired) electrons. The van der Waals surface area contributed by atoms with E-state index in [4.69, 9.17) is 4.74 Å². The first kappa shape index (κ1) is 13.1. The molecular weight excluding hydrogens is 282 g/mol.